The lowest BCUT2D eigenvalue weighted by atomic mass is 9.74. The Morgan fingerprint density at radius 2 is 2.04 bits per heavy atom. The molecule has 0 radical (unpaired) electrons. The number of hydrogen-bond acceptors (Lipinski definition) is 4. The lowest BCUT2D eigenvalue weighted by Gasteiger charge is -2.40. The van der Waals surface area contributed by atoms with Crippen molar-refractivity contribution in [1.29, 1.82) is 0 Å². The molecule has 1 aromatic heterocycles. The summed E-state index contributed by atoms with van der Waals surface area (Å²) in [5.74, 6) is 0. The molecule has 7 heteroatoms. The van der Waals surface area contributed by atoms with Gasteiger partial charge in [-0.25, -0.2) is 8.78 Å². The van der Waals surface area contributed by atoms with E-state index in [2.05, 4.69) is 15.0 Å². The van der Waals surface area contributed by atoms with Gasteiger partial charge in [0.1, 0.15) is 4.75 Å². The van der Waals surface area contributed by atoms with Crippen molar-refractivity contribution in [2.75, 3.05) is 13.1 Å². The number of alkyl halides is 2. The molecule has 3 rings (SSSR count). The van der Waals surface area contributed by atoms with Crippen LogP contribution >= 0.6 is 0 Å². The summed E-state index contributed by atoms with van der Waals surface area (Å²) in [7, 11) is 0. The lowest BCUT2D eigenvalue weighted by Crippen LogP contribution is -2.48. The third-order valence-electron chi connectivity index (χ3n) is 5.10. The molecule has 1 aliphatic carbocycles. The molecule has 1 saturated heterocycles. The quantitative estimate of drug-likeness (QED) is 0.817. The van der Waals surface area contributed by atoms with E-state index in [1.807, 2.05) is 20.8 Å². The van der Waals surface area contributed by atoms with E-state index in [9.17, 15) is 13.3 Å². The van der Waals surface area contributed by atoms with E-state index >= 15 is 0 Å². The average molecular weight is 357 g/mol. The van der Waals surface area contributed by atoms with Crippen molar-refractivity contribution >= 4 is 11.4 Å². The van der Waals surface area contributed by atoms with Gasteiger partial charge in [-0.1, -0.05) is 0 Å². The van der Waals surface area contributed by atoms with Crippen LogP contribution in [-0.4, -0.2) is 27.4 Å². The first-order valence-corrected chi connectivity index (χ1v) is 9.54. The molecule has 0 aromatic carbocycles. The summed E-state index contributed by atoms with van der Waals surface area (Å²) >= 11 is -1.27. The number of pyridine rings is 1. The fourth-order valence-electron chi connectivity index (χ4n) is 3.67. The van der Waals surface area contributed by atoms with Crippen molar-refractivity contribution in [2.45, 2.75) is 57.2 Å². The Labute approximate surface area is 145 Å². The highest BCUT2D eigenvalue weighted by Gasteiger charge is 2.50. The van der Waals surface area contributed by atoms with Gasteiger partial charge < -0.3 is 9.87 Å². The van der Waals surface area contributed by atoms with Gasteiger partial charge in [-0.2, -0.15) is 0 Å². The Hall–Kier alpha value is -0.760. The minimum Gasteiger partial charge on any atom is -0.598 e. The molecule has 0 saturated carbocycles. The van der Waals surface area contributed by atoms with Gasteiger partial charge in [0.2, 0.25) is 0 Å². The van der Waals surface area contributed by atoms with Crippen LogP contribution in [0.4, 0.5) is 8.78 Å². The Kier molecular flexibility index (Phi) is 4.90. The summed E-state index contributed by atoms with van der Waals surface area (Å²) in [5.41, 5.74) is 1.51. The van der Waals surface area contributed by atoms with E-state index in [4.69, 9.17) is 0 Å². The van der Waals surface area contributed by atoms with Crippen LogP contribution in [0.2, 0.25) is 0 Å². The maximum Gasteiger partial charge on any atom is 0.265 e. The average Bonchev–Trinajstić information content (AvgIpc) is 2.79. The molecular weight excluding hydrogens is 332 g/mol. The van der Waals surface area contributed by atoms with Crippen LogP contribution in [0.1, 0.15) is 62.9 Å². The number of rotatable bonds is 3. The number of fused-ring (bicyclic) bond motifs is 1. The molecule has 2 N–H and O–H groups in total. The number of piperidine rings is 1. The van der Waals surface area contributed by atoms with Gasteiger partial charge >= 0.3 is 0 Å². The van der Waals surface area contributed by atoms with E-state index in [-0.39, 0.29) is 17.0 Å². The number of nitrogens with zero attached hydrogens (tertiary/aromatic N) is 1. The molecule has 0 amide bonds. The molecule has 2 heterocycles. The van der Waals surface area contributed by atoms with Crippen LogP contribution in [0.25, 0.3) is 0 Å². The van der Waals surface area contributed by atoms with E-state index in [0.717, 1.165) is 43.6 Å². The highest BCUT2D eigenvalue weighted by molar-refractivity contribution is 7.90. The van der Waals surface area contributed by atoms with Gasteiger partial charge in [0.05, 0.1) is 6.04 Å². The van der Waals surface area contributed by atoms with Crippen LogP contribution in [0.5, 0.6) is 0 Å². The number of nitrogens with one attached hydrogen (secondary N) is 2. The molecule has 2 aliphatic rings. The van der Waals surface area contributed by atoms with E-state index in [0.29, 0.717) is 0 Å². The number of hydrogen-bond donors (Lipinski definition) is 2. The monoisotopic (exact) mass is 357 g/mol. The predicted octanol–water partition coefficient (Wildman–Crippen LogP) is 3.04. The topological polar surface area (TPSA) is 60.0 Å². The Bertz CT molecular complexity index is 600. The molecule has 134 valence electrons. The molecule has 1 spiro atoms. The zero-order valence-corrected chi connectivity index (χ0v) is 15.2. The number of halogens is 2. The van der Waals surface area contributed by atoms with Crippen molar-refractivity contribution in [3.05, 3.63) is 29.1 Å². The van der Waals surface area contributed by atoms with Crippen molar-refractivity contribution in [3.8, 4) is 0 Å². The van der Waals surface area contributed by atoms with Gasteiger partial charge in [-0.15, -0.1) is 4.72 Å². The highest BCUT2D eigenvalue weighted by Crippen LogP contribution is 2.51. The standard InChI is InChI=1S/C17H25F2N3OS/c1-16(2,3)24(23)22-14-12-8-11(15(18)19)10-21-13(12)9-17(14)4-6-20-7-5-17/h8,10,14-15,20,22H,4-7,9H2,1-3H3/t14-,24-/m1/s1. The molecule has 4 nitrogen and oxygen atoms in total. The predicted molar refractivity (Wildman–Crippen MR) is 91.2 cm³/mol. The van der Waals surface area contributed by atoms with Gasteiger partial charge in [0.25, 0.3) is 6.43 Å². The normalized spacial score (nSPS) is 24.4. The van der Waals surface area contributed by atoms with Crippen molar-refractivity contribution in [2.24, 2.45) is 5.41 Å². The first-order valence-electron chi connectivity index (χ1n) is 8.39. The van der Waals surface area contributed by atoms with Crippen molar-refractivity contribution in [3.63, 3.8) is 0 Å². The minimum atomic E-state index is -2.54. The molecule has 2 atom stereocenters. The second-order valence-electron chi connectivity index (χ2n) is 7.83. The summed E-state index contributed by atoms with van der Waals surface area (Å²) in [6.07, 6.45) is 1.34. The minimum absolute atomic E-state index is 0.0620. The highest BCUT2D eigenvalue weighted by atomic mass is 32.2. The van der Waals surface area contributed by atoms with Crippen molar-refractivity contribution in [1.82, 2.24) is 15.0 Å². The van der Waals surface area contributed by atoms with Crippen LogP contribution < -0.4 is 10.0 Å². The van der Waals surface area contributed by atoms with E-state index < -0.39 is 22.5 Å². The first kappa shape index (κ1) is 18.0. The van der Waals surface area contributed by atoms with Gasteiger partial charge in [0, 0.05) is 34.2 Å². The summed E-state index contributed by atoms with van der Waals surface area (Å²) in [6.45, 7) is 7.50. The lowest BCUT2D eigenvalue weighted by molar-refractivity contribution is 0.150. The van der Waals surface area contributed by atoms with Gasteiger partial charge in [0.15, 0.2) is 0 Å². The maximum atomic E-state index is 13.1. The molecule has 1 fully saturated rings. The Balaban J connectivity index is 1.98. The third-order valence-corrected chi connectivity index (χ3v) is 6.66. The van der Waals surface area contributed by atoms with E-state index in [1.165, 1.54) is 6.20 Å². The molecule has 0 bridgehead atoms. The Morgan fingerprint density at radius 3 is 2.62 bits per heavy atom. The summed E-state index contributed by atoms with van der Waals surface area (Å²) in [5, 5.41) is 3.35. The summed E-state index contributed by atoms with van der Waals surface area (Å²) in [6, 6.07) is 1.36. The van der Waals surface area contributed by atoms with Crippen LogP contribution in [0, 0.1) is 5.41 Å². The van der Waals surface area contributed by atoms with Crippen LogP contribution in [-0.2, 0) is 17.8 Å². The van der Waals surface area contributed by atoms with Crippen molar-refractivity contribution < 1.29 is 13.3 Å². The summed E-state index contributed by atoms with van der Waals surface area (Å²) < 4.78 is 41.8. The second-order valence-corrected chi connectivity index (χ2v) is 9.82. The molecule has 1 aromatic rings. The van der Waals surface area contributed by atoms with Gasteiger partial charge in [-0.3, -0.25) is 4.98 Å². The molecule has 0 unspecified atom stereocenters. The zero-order chi connectivity index (χ0) is 17.5. The van der Waals surface area contributed by atoms with Crippen LogP contribution in [0.3, 0.4) is 0 Å². The fraction of sp³-hybridized carbons (Fsp3) is 0.706. The number of aromatic nitrogens is 1. The third kappa shape index (κ3) is 3.31. The van der Waals surface area contributed by atoms with E-state index in [1.54, 1.807) is 6.07 Å². The zero-order valence-electron chi connectivity index (χ0n) is 14.4. The SMILES string of the molecule is CC(C)(C)[S@@+]([O-])N[C@@H]1c2cc(C(F)F)cnc2CC12CCNCC2. The smallest absolute Gasteiger partial charge is 0.265 e. The Morgan fingerprint density at radius 1 is 1.38 bits per heavy atom. The summed E-state index contributed by atoms with van der Waals surface area (Å²) in [4.78, 5) is 4.31. The molecular formula is C17H25F2N3OS. The second kappa shape index (κ2) is 6.52. The van der Waals surface area contributed by atoms with Crippen LogP contribution in [0.15, 0.2) is 12.3 Å². The molecule has 1 aliphatic heterocycles. The fourth-order valence-corrected chi connectivity index (χ4v) is 4.62. The maximum absolute atomic E-state index is 13.1. The van der Waals surface area contributed by atoms with Gasteiger partial charge in [-0.05, 0) is 64.8 Å². The molecule has 24 heavy (non-hydrogen) atoms. The first-order chi connectivity index (χ1) is 11.2. The largest absolute Gasteiger partial charge is 0.598 e.